The van der Waals surface area contributed by atoms with Crippen LogP contribution in [0.5, 0.6) is 0 Å². The number of hydrogen-bond donors (Lipinski definition) is 2. The molecular formula is C10H16N6O2. The molecule has 0 aliphatic carbocycles. The topological polar surface area (TPSA) is 94.2 Å². The third-order valence-corrected chi connectivity index (χ3v) is 2.79. The number of carbonyl (C=O) groups is 2. The highest BCUT2D eigenvalue weighted by atomic mass is 16.2. The molecule has 2 rings (SSSR count). The quantitative estimate of drug-likeness (QED) is 0.605. The standard InChI is InChI=1S/C10H16N6O2/c1-15(6-8-12-7-13-14-8)9(17)10(18)16-4-2-11-3-5-16/h7,11H,2-6H2,1H3,(H,12,13,14). The van der Waals surface area contributed by atoms with Crippen LogP contribution in [-0.4, -0.2) is 70.0 Å². The molecule has 1 aliphatic rings. The fraction of sp³-hybridized carbons (Fsp3) is 0.600. The Balaban J connectivity index is 1.91. The van der Waals surface area contributed by atoms with Gasteiger partial charge in [-0.25, -0.2) is 4.98 Å². The second-order valence-corrected chi connectivity index (χ2v) is 4.14. The Morgan fingerprint density at radius 3 is 2.78 bits per heavy atom. The van der Waals surface area contributed by atoms with Crippen molar-refractivity contribution in [3.63, 3.8) is 0 Å². The highest BCUT2D eigenvalue weighted by Gasteiger charge is 2.26. The first-order valence-electron chi connectivity index (χ1n) is 5.78. The molecule has 1 saturated heterocycles. The number of carbonyl (C=O) groups excluding carboxylic acids is 2. The van der Waals surface area contributed by atoms with Gasteiger partial charge in [-0.3, -0.25) is 14.7 Å². The molecule has 0 saturated carbocycles. The van der Waals surface area contributed by atoms with Crippen molar-refractivity contribution in [3.8, 4) is 0 Å². The van der Waals surface area contributed by atoms with Crippen molar-refractivity contribution in [1.29, 1.82) is 0 Å². The normalized spacial score (nSPS) is 15.5. The van der Waals surface area contributed by atoms with E-state index in [4.69, 9.17) is 0 Å². The summed E-state index contributed by atoms with van der Waals surface area (Å²) in [5.74, 6) is -0.425. The van der Waals surface area contributed by atoms with Gasteiger partial charge in [-0.2, -0.15) is 5.10 Å². The monoisotopic (exact) mass is 252 g/mol. The number of amides is 2. The minimum absolute atomic E-state index is 0.247. The molecule has 8 nitrogen and oxygen atoms in total. The van der Waals surface area contributed by atoms with Crippen molar-refractivity contribution in [3.05, 3.63) is 12.2 Å². The number of nitrogens with zero attached hydrogens (tertiary/aromatic N) is 4. The van der Waals surface area contributed by atoms with Crippen LogP contribution in [0.3, 0.4) is 0 Å². The fourth-order valence-corrected chi connectivity index (χ4v) is 1.77. The molecule has 2 heterocycles. The van der Waals surface area contributed by atoms with Crippen molar-refractivity contribution in [2.24, 2.45) is 0 Å². The third kappa shape index (κ3) is 2.83. The van der Waals surface area contributed by atoms with Crippen LogP contribution in [0.1, 0.15) is 5.82 Å². The van der Waals surface area contributed by atoms with Crippen LogP contribution in [0, 0.1) is 0 Å². The lowest BCUT2D eigenvalue weighted by molar-refractivity contribution is -0.151. The fourth-order valence-electron chi connectivity index (χ4n) is 1.77. The predicted octanol–water partition coefficient (Wildman–Crippen LogP) is -1.81. The third-order valence-electron chi connectivity index (χ3n) is 2.79. The summed E-state index contributed by atoms with van der Waals surface area (Å²) in [4.78, 5) is 30.7. The molecule has 1 aromatic heterocycles. The first kappa shape index (κ1) is 12.5. The largest absolute Gasteiger partial charge is 0.332 e. The van der Waals surface area contributed by atoms with E-state index in [9.17, 15) is 9.59 Å². The Morgan fingerprint density at radius 2 is 2.17 bits per heavy atom. The number of aromatic nitrogens is 3. The van der Waals surface area contributed by atoms with Gasteiger partial charge in [0.25, 0.3) is 0 Å². The lowest BCUT2D eigenvalue weighted by Crippen LogP contribution is -2.51. The van der Waals surface area contributed by atoms with Crippen LogP contribution in [0.2, 0.25) is 0 Å². The minimum Gasteiger partial charge on any atom is -0.332 e. The summed E-state index contributed by atoms with van der Waals surface area (Å²) in [5, 5.41) is 9.48. The molecule has 2 N–H and O–H groups in total. The van der Waals surface area contributed by atoms with E-state index < -0.39 is 11.8 Å². The molecule has 0 unspecified atom stereocenters. The number of piperazine rings is 1. The molecule has 0 radical (unpaired) electrons. The summed E-state index contributed by atoms with van der Waals surface area (Å²) in [6, 6.07) is 0. The van der Waals surface area contributed by atoms with E-state index in [1.54, 1.807) is 11.9 Å². The summed E-state index contributed by atoms with van der Waals surface area (Å²) >= 11 is 0. The van der Waals surface area contributed by atoms with Gasteiger partial charge in [-0.15, -0.1) is 0 Å². The minimum atomic E-state index is -0.520. The van der Waals surface area contributed by atoms with E-state index in [1.165, 1.54) is 11.2 Å². The van der Waals surface area contributed by atoms with Gasteiger partial charge in [-0.05, 0) is 0 Å². The maximum absolute atomic E-state index is 11.9. The molecule has 8 heteroatoms. The van der Waals surface area contributed by atoms with Gasteiger partial charge in [0.2, 0.25) is 0 Å². The summed E-state index contributed by atoms with van der Waals surface area (Å²) in [7, 11) is 1.57. The van der Waals surface area contributed by atoms with Crippen molar-refractivity contribution in [2.45, 2.75) is 6.54 Å². The molecule has 98 valence electrons. The average molecular weight is 252 g/mol. The number of nitrogens with one attached hydrogen (secondary N) is 2. The molecule has 1 aliphatic heterocycles. The Bertz CT molecular complexity index is 412. The Hall–Kier alpha value is -1.96. The van der Waals surface area contributed by atoms with Gasteiger partial charge in [0.1, 0.15) is 12.2 Å². The lowest BCUT2D eigenvalue weighted by Gasteiger charge is -2.28. The van der Waals surface area contributed by atoms with Crippen molar-refractivity contribution in [1.82, 2.24) is 30.3 Å². The molecule has 0 aromatic carbocycles. The molecule has 0 bridgehead atoms. The van der Waals surface area contributed by atoms with Crippen molar-refractivity contribution < 1.29 is 9.59 Å². The second-order valence-electron chi connectivity index (χ2n) is 4.14. The SMILES string of the molecule is CN(Cc1ncn[nH]1)C(=O)C(=O)N1CCNCC1. The molecule has 1 fully saturated rings. The number of H-pyrrole nitrogens is 1. The van der Waals surface area contributed by atoms with E-state index in [0.717, 1.165) is 13.1 Å². The maximum Gasteiger partial charge on any atom is 0.312 e. The van der Waals surface area contributed by atoms with E-state index in [-0.39, 0.29) is 6.54 Å². The summed E-state index contributed by atoms with van der Waals surface area (Å²) in [6.45, 7) is 2.84. The molecule has 1 aromatic rings. The molecular weight excluding hydrogens is 236 g/mol. The Labute approximate surface area is 104 Å². The van der Waals surface area contributed by atoms with Crippen LogP contribution in [0.15, 0.2) is 6.33 Å². The number of likely N-dealkylation sites (N-methyl/N-ethyl adjacent to an activating group) is 1. The number of rotatable bonds is 2. The number of aromatic amines is 1. The summed E-state index contributed by atoms with van der Waals surface area (Å²) < 4.78 is 0. The molecule has 18 heavy (non-hydrogen) atoms. The van der Waals surface area contributed by atoms with Gasteiger partial charge in [0.15, 0.2) is 0 Å². The van der Waals surface area contributed by atoms with Gasteiger partial charge in [0.05, 0.1) is 6.54 Å². The highest BCUT2D eigenvalue weighted by molar-refractivity contribution is 6.34. The zero-order chi connectivity index (χ0) is 13.0. The van der Waals surface area contributed by atoms with E-state index >= 15 is 0 Å². The van der Waals surface area contributed by atoms with Gasteiger partial charge >= 0.3 is 11.8 Å². The number of hydrogen-bond acceptors (Lipinski definition) is 5. The van der Waals surface area contributed by atoms with Gasteiger partial charge in [0, 0.05) is 33.2 Å². The zero-order valence-corrected chi connectivity index (χ0v) is 10.2. The molecule has 2 amide bonds. The lowest BCUT2D eigenvalue weighted by atomic mass is 10.3. The zero-order valence-electron chi connectivity index (χ0n) is 10.2. The average Bonchev–Trinajstić information content (AvgIpc) is 2.91. The summed E-state index contributed by atoms with van der Waals surface area (Å²) in [5.41, 5.74) is 0. The van der Waals surface area contributed by atoms with E-state index in [0.29, 0.717) is 18.9 Å². The molecule has 0 atom stereocenters. The van der Waals surface area contributed by atoms with Crippen LogP contribution in [0.25, 0.3) is 0 Å². The van der Waals surface area contributed by atoms with E-state index in [1.807, 2.05) is 0 Å². The molecule has 0 spiro atoms. The van der Waals surface area contributed by atoms with Crippen molar-refractivity contribution in [2.75, 3.05) is 33.2 Å². The Morgan fingerprint density at radius 1 is 1.44 bits per heavy atom. The smallest absolute Gasteiger partial charge is 0.312 e. The maximum atomic E-state index is 11.9. The second kappa shape index (κ2) is 5.58. The van der Waals surface area contributed by atoms with Crippen molar-refractivity contribution >= 4 is 11.8 Å². The highest BCUT2D eigenvalue weighted by Crippen LogP contribution is 2.00. The van der Waals surface area contributed by atoms with Gasteiger partial charge in [-0.1, -0.05) is 0 Å². The van der Waals surface area contributed by atoms with Crippen LogP contribution in [0.4, 0.5) is 0 Å². The van der Waals surface area contributed by atoms with Gasteiger partial charge < -0.3 is 15.1 Å². The Kier molecular flexibility index (Phi) is 3.88. The first-order valence-corrected chi connectivity index (χ1v) is 5.78. The van der Waals surface area contributed by atoms with Crippen LogP contribution >= 0.6 is 0 Å². The summed E-state index contributed by atoms with van der Waals surface area (Å²) in [6.07, 6.45) is 1.37. The van der Waals surface area contributed by atoms with Crippen LogP contribution < -0.4 is 5.32 Å². The van der Waals surface area contributed by atoms with E-state index in [2.05, 4.69) is 20.5 Å². The van der Waals surface area contributed by atoms with Crippen LogP contribution in [-0.2, 0) is 16.1 Å². The predicted molar refractivity (Wildman–Crippen MR) is 62.3 cm³/mol. The first-order chi connectivity index (χ1) is 8.68.